The summed E-state index contributed by atoms with van der Waals surface area (Å²) in [4.78, 5) is 16.4. The van der Waals surface area contributed by atoms with Crippen LogP contribution in [0, 0.1) is 11.8 Å². The number of halogens is 3. The van der Waals surface area contributed by atoms with E-state index in [-0.39, 0.29) is 24.0 Å². The molecule has 1 aliphatic carbocycles. The molecule has 3 aromatic heterocycles. The average Bonchev–Trinajstić information content (AvgIpc) is 3.60. The lowest BCUT2D eigenvalue weighted by atomic mass is 9.67. The number of aromatic nitrogens is 2. The summed E-state index contributed by atoms with van der Waals surface area (Å²) in [6, 6.07) is 12.4. The van der Waals surface area contributed by atoms with Gasteiger partial charge >= 0.3 is 6.18 Å². The number of alkyl halides is 3. The molecule has 191 valence electrons. The van der Waals surface area contributed by atoms with Crippen molar-refractivity contribution in [1.82, 2.24) is 9.55 Å². The molecule has 4 aromatic rings. The van der Waals surface area contributed by atoms with Crippen LogP contribution >= 0.6 is 11.3 Å². The third kappa shape index (κ3) is 4.59. The van der Waals surface area contributed by atoms with Gasteiger partial charge in [-0.15, -0.1) is 11.3 Å². The fourth-order valence-electron chi connectivity index (χ4n) is 5.22. The summed E-state index contributed by atoms with van der Waals surface area (Å²) >= 11 is 1.24. The van der Waals surface area contributed by atoms with Gasteiger partial charge in [0.05, 0.1) is 17.3 Å². The van der Waals surface area contributed by atoms with Crippen molar-refractivity contribution in [3.63, 3.8) is 0 Å². The van der Waals surface area contributed by atoms with Crippen LogP contribution in [0.2, 0.25) is 0 Å². The zero-order valence-corrected chi connectivity index (χ0v) is 21.5. The number of methoxy groups -OCH3 is 1. The molecule has 0 aliphatic heterocycles. The number of allylic oxidation sites excluding steroid dienone is 2. The molecule has 1 radical (unpaired) electrons. The SMILES string of the molecule is COc1ccc(-c2cccnc2)cc1C(C)(C)CC(Cn1ccc(=O)c2sccc21)(C1=C[CH]1)C(F)(F)F. The first-order valence-electron chi connectivity index (χ1n) is 11.8. The van der Waals surface area contributed by atoms with Gasteiger partial charge in [0.15, 0.2) is 5.43 Å². The largest absolute Gasteiger partial charge is 0.496 e. The van der Waals surface area contributed by atoms with E-state index >= 15 is 13.2 Å². The molecular weight excluding hydrogens is 497 g/mol. The van der Waals surface area contributed by atoms with Gasteiger partial charge in [-0.25, -0.2) is 0 Å². The van der Waals surface area contributed by atoms with E-state index in [1.807, 2.05) is 38.1 Å². The van der Waals surface area contributed by atoms with Crippen LogP contribution in [0.1, 0.15) is 25.8 Å². The molecule has 1 atom stereocenters. The highest BCUT2D eigenvalue weighted by Gasteiger charge is 2.60. The number of nitrogens with zero attached hydrogens (tertiary/aromatic N) is 2. The molecule has 3 heterocycles. The van der Waals surface area contributed by atoms with E-state index in [1.165, 1.54) is 30.7 Å². The molecule has 0 fully saturated rings. The lowest BCUT2D eigenvalue weighted by molar-refractivity contribution is -0.218. The second kappa shape index (κ2) is 9.17. The van der Waals surface area contributed by atoms with Gasteiger partial charge in [0.25, 0.3) is 0 Å². The number of hydrogen-bond donors (Lipinski definition) is 0. The van der Waals surface area contributed by atoms with Gasteiger partial charge < -0.3 is 9.30 Å². The average molecular weight is 524 g/mol. The minimum absolute atomic E-state index is 0.187. The van der Waals surface area contributed by atoms with Gasteiger partial charge in [0.2, 0.25) is 0 Å². The summed E-state index contributed by atoms with van der Waals surface area (Å²) in [5.74, 6) is 0.533. The fourth-order valence-corrected chi connectivity index (χ4v) is 6.04. The Morgan fingerprint density at radius 1 is 1.08 bits per heavy atom. The van der Waals surface area contributed by atoms with Gasteiger partial charge in [-0.1, -0.05) is 32.1 Å². The van der Waals surface area contributed by atoms with Crippen molar-refractivity contribution in [3.8, 4) is 16.9 Å². The summed E-state index contributed by atoms with van der Waals surface area (Å²) in [5.41, 5.74) is -0.0827. The van der Waals surface area contributed by atoms with Gasteiger partial charge in [-0.05, 0) is 52.6 Å². The Balaban J connectivity index is 1.62. The highest BCUT2D eigenvalue weighted by Crippen LogP contribution is 2.58. The highest BCUT2D eigenvalue weighted by atomic mass is 32.1. The van der Waals surface area contributed by atoms with Crippen molar-refractivity contribution in [3.05, 3.63) is 100 Å². The number of ether oxygens (including phenoxy) is 1. The van der Waals surface area contributed by atoms with Crippen LogP contribution in [0.15, 0.2) is 82.9 Å². The van der Waals surface area contributed by atoms with E-state index in [0.717, 1.165) is 11.1 Å². The van der Waals surface area contributed by atoms with Crippen molar-refractivity contribution < 1.29 is 17.9 Å². The molecule has 0 N–H and O–H groups in total. The number of hydrogen-bond acceptors (Lipinski definition) is 4. The molecule has 0 amide bonds. The van der Waals surface area contributed by atoms with Crippen LogP contribution in [0.3, 0.4) is 0 Å². The first-order valence-corrected chi connectivity index (χ1v) is 12.7. The Kier molecular flexibility index (Phi) is 6.26. The Hall–Kier alpha value is -3.39. The van der Waals surface area contributed by atoms with Gasteiger partial charge in [0.1, 0.15) is 11.2 Å². The molecule has 1 aliphatic rings. The maximum atomic E-state index is 15.2. The minimum atomic E-state index is -4.54. The second-order valence-electron chi connectivity index (χ2n) is 10.0. The van der Waals surface area contributed by atoms with Crippen LogP contribution in [0.25, 0.3) is 21.3 Å². The molecule has 0 bridgehead atoms. The molecule has 0 saturated carbocycles. The Labute approximate surface area is 217 Å². The molecular formula is C29H26F3N2O2S. The van der Waals surface area contributed by atoms with Crippen molar-refractivity contribution in [2.24, 2.45) is 5.41 Å². The zero-order chi connectivity index (χ0) is 26.4. The third-order valence-electron chi connectivity index (χ3n) is 7.12. The Bertz CT molecular complexity index is 1540. The van der Waals surface area contributed by atoms with Gasteiger partial charge in [0, 0.05) is 48.7 Å². The lowest BCUT2D eigenvalue weighted by Gasteiger charge is -2.42. The number of fused-ring (bicyclic) bond motifs is 1. The normalized spacial score (nSPS) is 15.4. The van der Waals surface area contributed by atoms with Crippen LogP contribution < -0.4 is 10.2 Å². The van der Waals surface area contributed by atoms with E-state index in [1.54, 1.807) is 47.0 Å². The molecule has 1 unspecified atom stereocenters. The topological polar surface area (TPSA) is 44.1 Å². The van der Waals surface area contributed by atoms with Crippen molar-refractivity contribution in [2.75, 3.05) is 7.11 Å². The number of benzene rings is 1. The summed E-state index contributed by atoms with van der Waals surface area (Å²) in [7, 11) is 1.53. The van der Waals surface area contributed by atoms with E-state index in [9.17, 15) is 4.79 Å². The van der Waals surface area contributed by atoms with Gasteiger partial charge in [-0.3, -0.25) is 9.78 Å². The molecule has 0 spiro atoms. The van der Waals surface area contributed by atoms with Crippen LogP contribution in [0.5, 0.6) is 5.75 Å². The van der Waals surface area contributed by atoms with Crippen LogP contribution in [0.4, 0.5) is 13.2 Å². The number of thiophene rings is 1. The predicted molar refractivity (Wildman–Crippen MR) is 141 cm³/mol. The van der Waals surface area contributed by atoms with Crippen molar-refractivity contribution in [1.29, 1.82) is 0 Å². The number of pyridine rings is 2. The predicted octanol–water partition coefficient (Wildman–Crippen LogP) is 7.19. The molecule has 4 nitrogen and oxygen atoms in total. The Morgan fingerprint density at radius 2 is 1.86 bits per heavy atom. The Morgan fingerprint density at radius 3 is 2.51 bits per heavy atom. The second-order valence-corrected chi connectivity index (χ2v) is 10.9. The summed E-state index contributed by atoms with van der Waals surface area (Å²) in [6.45, 7) is 3.32. The minimum Gasteiger partial charge on any atom is -0.496 e. The zero-order valence-electron chi connectivity index (χ0n) is 20.7. The maximum absolute atomic E-state index is 15.2. The first kappa shape index (κ1) is 25.3. The first-order chi connectivity index (χ1) is 17.6. The van der Waals surface area contributed by atoms with Crippen LogP contribution in [-0.4, -0.2) is 22.8 Å². The quantitative estimate of drug-likeness (QED) is 0.245. The molecule has 37 heavy (non-hydrogen) atoms. The van der Waals surface area contributed by atoms with E-state index in [0.29, 0.717) is 21.5 Å². The third-order valence-corrected chi connectivity index (χ3v) is 8.04. The maximum Gasteiger partial charge on any atom is 0.399 e. The van der Waals surface area contributed by atoms with Crippen molar-refractivity contribution in [2.45, 2.75) is 38.4 Å². The summed E-state index contributed by atoms with van der Waals surface area (Å²) < 4.78 is 53.1. The lowest BCUT2D eigenvalue weighted by Crippen LogP contribution is -2.46. The fraction of sp³-hybridized carbons (Fsp3) is 0.276. The molecule has 1 aromatic carbocycles. The van der Waals surface area contributed by atoms with Gasteiger partial charge in [-0.2, -0.15) is 13.2 Å². The summed E-state index contributed by atoms with van der Waals surface area (Å²) in [6.07, 6.45) is 3.21. The van der Waals surface area contributed by atoms with E-state index < -0.39 is 17.0 Å². The highest BCUT2D eigenvalue weighted by molar-refractivity contribution is 7.17. The smallest absolute Gasteiger partial charge is 0.399 e. The number of rotatable bonds is 8. The molecule has 0 saturated heterocycles. The summed E-state index contributed by atoms with van der Waals surface area (Å²) in [5, 5.41) is 1.74. The molecule has 5 rings (SSSR count). The molecule has 8 heteroatoms. The standard InChI is InChI=1S/C29H26F3N2O2S/c1-27(2,22-15-19(6-9-25(22)36-3)20-5-4-12-33-16-20)17-28(21-7-8-21,29(30,31)32)18-34-13-10-24(35)26-23(34)11-14-37-26/h4-16H,17-18H2,1-3H3. The monoisotopic (exact) mass is 523 g/mol. The van der Waals surface area contributed by atoms with E-state index in [2.05, 4.69) is 4.98 Å². The van der Waals surface area contributed by atoms with Crippen LogP contribution in [-0.2, 0) is 12.0 Å². The van der Waals surface area contributed by atoms with Crippen molar-refractivity contribution >= 4 is 21.6 Å². The van der Waals surface area contributed by atoms with E-state index in [4.69, 9.17) is 4.74 Å².